The zero-order chi connectivity index (χ0) is 16.3. The fourth-order valence-corrected chi connectivity index (χ4v) is 3.79. The minimum atomic E-state index is -1.30. The maximum absolute atomic E-state index is 10.2. The second-order valence-electron chi connectivity index (χ2n) is 4.46. The van der Waals surface area contributed by atoms with Gasteiger partial charge in [-0.05, 0) is 27.5 Å². The minimum Gasteiger partial charge on any atom is -0.394 e. The third-order valence-electron chi connectivity index (χ3n) is 3.05. The molecule has 8 nitrogen and oxygen atoms in total. The zero-order valence-corrected chi connectivity index (χ0v) is 14.1. The van der Waals surface area contributed by atoms with E-state index in [-0.39, 0.29) is 0 Å². The number of thioether (sulfide) groups is 1. The molecule has 1 fully saturated rings. The van der Waals surface area contributed by atoms with Gasteiger partial charge in [-0.25, -0.2) is 4.98 Å². The summed E-state index contributed by atoms with van der Waals surface area (Å²) < 4.78 is 5.98. The van der Waals surface area contributed by atoms with Crippen molar-refractivity contribution in [2.75, 3.05) is 6.61 Å². The molecular weight excluding hydrogens is 400 g/mol. The maximum Gasteiger partial charge on any atom is 0.134 e. The number of azide groups is 1. The molecule has 0 aliphatic carbocycles. The van der Waals surface area contributed by atoms with E-state index in [1.54, 1.807) is 6.07 Å². The summed E-state index contributed by atoms with van der Waals surface area (Å²) in [5.74, 6) is 0. The Hall–Kier alpha value is -0.580. The molecule has 120 valence electrons. The van der Waals surface area contributed by atoms with Gasteiger partial charge in [0, 0.05) is 16.0 Å². The molecule has 0 radical (unpaired) electrons. The molecule has 5 atom stereocenters. The Morgan fingerprint density at radius 1 is 1.50 bits per heavy atom. The van der Waals surface area contributed by atoms with Crippen molar-refractivity contribution in [1.29, 1.82) is 0 Å². The third kappa shape index (κ3) is 3.84. The van der Waals surface area contributed by atoms with Crippen molar-refractivity contribution < 1.29 is 20.1 Å². The molecule has 0 spiro atoms. The summed E-state index contributed by atoms with van der Waals surface area (Å²) >= 11 is 10.2. The van der Waals surface area contributed by atoms with Gasteiger partial charge in [0.15, 0.2) is 0 Å². The van der Waals surface area contributed by atoms with E-state index in [1.807, 2.05) is 0 Å². The van der Waals surface area contributed by atoms with Gasteiger partial charge in [-0.3, -0.25) is 0 Å². The van der Waals surface area contributed by atoms with Crippen LogP contribution in [0.2, 0.25) is 5.02 Å². The van der Waals surface area contributed by atoms with E-state index in [4.69, 9.17) is 21.9 Å². The Morgan fingerprint density at radius 3 is 2.86 bits per heavy atom. The number of ether oxygens (including phenoxy) is 1. The van der Waals surface area contributed by atoms with E-state index in [2.05, 4.69) is 30.9 Å². The fourth-order valence-electron chi connectivity index (χ4n) is 1.97. The van der Waals surface area contributed by atoms with Gasteiger partial charge < -0.3 is 20.1 Å². The number of aromatic nitrogens is 1. The number of aliphatic hydroxyl groups excluding tert-OH is 3. The lowest BCUT2D eigenvalue weighted by Gasteiger charge is -2.40. The molecule has 2 rings (SSSR count). The monoisotopic (exact) mass is 410 g/mol. The first kappa shape index (κ1) is 17.8. The molecule has 1 aliphatic heterocycles. The fraction of sp³-hybridized carbons (Fsp3) is 0.545. The van der Waals surface area contributed by atoms with E-state index in [9.17, 15) is 15.3 Å². The predicted octanol–water partition coefficient (Wildman–Crippen LogP) is 1.71. The van der Waals surface area contributed by atoms with Crippen molar-refractivity contribution in [1.82, 2.24) is 4.98 Å². The summed E-state index contributed by atoms with van der Waals surface area (Å²) in [5, 5.41) is 33.3. The molecular formula is C11H12BrClN4O4S. The van der Waals surface area contributed by atoms with Crippen LogP contribution in [0.15, 0.2) is 26.9 Å². The molecule has 1 aromatic heterocycles. The van der Waals surface area contributed by atoms with E-state index in [0.29, 0.717) is 14.5 Å². The van der Waals surface area contributed by atoms with Crippen LogP contribution in [0.25, 0.3) is 10.4 Å². The van der Waals surface area contributed by atoms with Crippen molar-refractivity contribution in [2.24, 2.45) is 5.11 Å². The van der Waals surface area contributed by atoms with E-state index in [0.717, 1.165) is 11.8 Å². The van der Waals surface area contributed by atoms with E-state index < -0.39 is 36.4 Å². The Labute approximate surface area is 143 Å². The number of halogens is 2. The van der Waals surface area contributed by atoms with Gasteiger partial charge in [0.25, 0.3) is 0 Å². The van der Waals surface area contributed by atoms with Gasteiger partial charge in [0.05, 0.1) is 23.8 Å². The first-order valence-electron chi connectivity index (χ1n) is 6.12. The highest BCUT2D eigenvalue weighted by Crippen LogP contribution is 2.37. The van der Waals surface area contributed by atoms with Crippen molar-refractivity contribution in [3.8, 4) is 0 Å². The van der Waals surface area contributed by atoms with Gasteiger partial charge in [0.1, 0.15) is 22.2 Å². The van der Waals surface area contributed by atoms with Crippen LogP contribution in [-0.2, 0) is 4.74 Å². The topological polar surface area (TPSA) is 132 Å². The Balaban J connectivity index is 2.25. The van der Waals surface area contributed by atoms with Crippen molar-refractivity contribution in [3.05, 3.63) is 32.3 Å². The lowest BCUT2D eigenvalue weighted by molar-refractivity contribution is -0.159. The Morgan fingerprint density at radius 2 is 2.23 bits per heavy atom. The van der Waals surface area contributed by atoms with Crippen LogP contribution < -0.4 is 0 Å². The maximum atomic E-state index is 10.2. The van der Waals surface area contributed by atoms with Crippen molar-refractivity contribution in [2.45, 2.75) is 34.7 Å². The highest BCUT2D eigenvalue weighted by molar-refractivity contribution is 9.10. The smallest absolute Gasteiger partial charge is 0.134 e. The normalized spacial score (nSPS) is 31.6. The quantitative estimate of drug-likeness (QED) is 0.299. The van der Waals surface area contributed by atoms with Crippen molar-refractivity contribution >= 4 is 39.3 Å². The number of hydrogen-bond acceptors (Lipinski definition) is 7. The second-order valence-corrected chi connectivity index (χ2v) is 6.79. The summed E-state index contributed by atoms with van der Waals surface area (Å²) in [7, 11) is 0. The van der Waals surface area contributed by atoms with E-state index >= 15 is 0 Å². The predicted molar refractivity (Wildman–Crippen MR) is 83.5 cm³/mol. The van der Waals surface area contributed by atoms with Gasteiger partial charge in [-0.15, -0.1) is 0 Å². The summed E-state index contributed by atoms with van der Waals surface area (Å²) in [5.41, 5.74) is 7.69. The molecule has 0 bridgehead atoms. The van der Waals surface area contributed by atoms with E-state index in [1.165, 1.54) is 6.20 Å². The first-order chi connectivity index (χ1) is 10.5. The van der Waals surface area contributed by atoms with Crippen LogP contribution in [0.3, 0.4) is 0 Å². The summed E-state index contributed by atoms with van der Waals surface area (Å²) in [6, 6.07) is 0.500. The minimum absolute atomic E-state index is 0.404. The van der Waals surface area contributed by atoms with Crippen LogP contribution in [0.1, 0.15) is 0 Å². The van der Waals surface area contributed by atoms with Gasteiger partial charge in [0.2, 0.25) is 0 Å². The highest BCUT2D eigenvalue weighted by Gasteiger charge is 2.44. The molecule has 22 heavy (non-hydrogen) atoms. The molecule has 2 heterocycles. The number of rotatable bonds is 4. The van der Waals surface area contributed by atoms with Crippen LogP contribution in [0, 0.1) is 0 Å². The lowest BCUT2D eigenvalue weighted by atomic mass is 9.98. The molecule has 0 saturated carbocycles. The highest BCUT2D eigenvalue weighted by atomic mass is 79.9. The standard InChI is InChI=1S/C11H12BrClN4O4S/c12-10-6(1-4(13)2-15-10)22-11-9(20)7(16-17-14)8(19)5(3-18)21-11/h1-2,5,7-9,11,18-20H,3H2/t5?,7-,8-,9?,11+/m0/s1. The Kier molecular flexibility index (Phi) is 6.30. The number of pyridine rings is 1. The third-order valence-corrected chi connectivity index (χ3v) is 5.34. The molecule has 0 amide bonds. The van der Waals surface area contributed by atoms with Crippen LogP contribution >= 0.6 is 39.3 Å². The molecule has 1 aromatic rings. The average molecular weight is 412 g/mol. The van der Waals surface area contributed by atoms with Crippen LogP contribution in [0.4, 0.5) is 0 Å². The molecule has 11 heteroatoms. The van der Waals surface area contributed by atoms with Crippen LogP contribution in [-0.4, -0.2) is 56.7 Å². The van der Waals surface area contributed by atoms with Crippen LogP contribution in [0.5, 0.6) is 0 Å². The van der Waals surface area contributed by atoms with Gasteiger partial charge in [-0.2, -0.15) is 0 Å². The second kappa shape index (κ2) is 7.80. The number of nitrogens with zero attached hydrogens (tertiary/aromatic N) is 4. The Bertz CT molecular complexity index is 591. The number of aliphatic hydroxyl groups is 3. The largest absolute Gasteiger partial charge is 0.394 e. The number of hydrogen-bond donors (Lipinski definition) is 3. The molecule has 1 saturated heterocycles. The SMILES string of the molecule is [N-]=[N+]=N[C@@H]1C(O)[C@@H](Sc2cc(Cl)cnc2Br)OC(CO)[C@@H]1O. The molecule has 2 unspecified atom stereocenters. The molecule has 0 aromatic carbocycles. The molecule has 3 N–H and O–H groups in total. The zero-order valence-electron chi connectivity index (χ0n) is 11.0. The van der Waals surface area contributed by atoms with Crippen molar-refractivity contribution in [3.63, 3.8) is 0 Å². The van der Waals surface area contributed by atoms with Gasteiger partial charge >= 0.3 is 0 Å². The summed E-state index contributed by atoms with van der Waals surface area (Å²) in [6.07, 6.45) is -2.07. The van der Waals surface area contributed by atoms with Gasteiger partial charge in [-0.1, -0.05) is 28.5 Å². The summed E-state index contributed by atoms with van der Waals surface area (Å²) in [6.45, 7) is -0.475. The average Bonchev–Trinajstić information content (AvgIpc) is 2.50. The summed E-state index contributed by atoms with van der Waals surface area (Å²) in [4.78, 5) is 7.24. The lowest BCUT2D eigenvalue weighted by Crippen LogP contribution is -2.56. The first-order valence-corrected chi connectivity index (χ1v) is 8.17. The molecule has 1 aliphatic rings.